The molecule has 0 rings (SSSR count). The number of carboxylic acids is 3. The van der Waals surface area contributed by atoms with Gasteiger partial charge in [-0.25, -0.2) is 14.4 Å². The molecule has 9 nitrogen and oxygen atoms in total. The average molecular weight is 304 g/mol. The molecule has 0 amide bonds. The molecule has 0 aliphatic carbocycles. The van der Waals surface area contributed by atoms with Crippen LogP contribution in [0, 0.1) is 0 Å². The van der Waals surface area contributed by atoms with Crippen molar-refractivity contribution in [3.63, 3.8) is 0 Å². The van der Waals surface area contributed by atoms with E-state index in [-0.39, 0.29) is 9.90 Å². The van der Waals surface area contributed by atoms with Crippen LogP contribution in [0.1, 0.15) is 20.8 Å². The molecule has 1 unspecified atom stereocenters. The third-order valence-electron chi connectivity index (χ3n) is 1.07. The Balaban J connectivity index is -0.0000000865. The fraction of sp³-hybridized carbons (Fsp3) is 0.667. The Morgan fingerprint density at radius 2 is 0.684 bits per heavy atom. The summed E-state index contributed by atoms with van der Waals surface area (Å²) in [6.45, 7) is 3.59. The number of rotatable bonds is 3. The van der Waals surface area contributed by atoms with Gasteiger partial charge in [-0.05, 0) is 20.8 Å². The smallest absolute Gasteiger partial charge is 0.332 e. The van der Waals surface area contributed by atoms with Crippen molar-refractivity contribution in [2.45, 2.75) is 39.1 Å². The summed E-state index contributed by atoms with van der Waals surface area (Å²) in [5.74, 6) is -3.56. The van der Waals surface area contributed by atoms with Crippen LogP contribution in [-0.4, -0.2) is 66.9 Å². The Morgan fingerprint density at radius 1 is 0.632 bits per heavy atom. The van der Waals surface area contributed by atoms with Crippen LogP contribution in [0.15, 0.2) is 0 Å². The minimum Gasteiger partial charge on any atom is -0.479 e. The van der Waals surface area contributed by atoms with E-state index >= 15 is 0 Å². The summed E-state index contributed by atoms with van der Waals surface area (Å²) in [4.78, 5) is 28.3. The standard InChI is InChI=1S/3C3H6O3.H3P/c3*1-2(4)3(5)6;/h3*2,4H,1H3,(H,5,6);1H3/t3*2-;/m000./s1. The minimum absolute atomic E-state index is 0. The van der Waals surface area contributed by atoms with Crippen LogP contribution in [-0.2, 0) is 14.4 Å². The molecule has 0 radical (unpaired) electrons. The van der Waals surface area contributed by atoms with Gasteiger partial charge in [-0.2, -0.15) is 9.90 Å². The van der Waals surface area contributed by atoms with Crippen LogP contribution in [0.4, 0.5) is 0 Å². The maximum absolute atomic E-state index is 9.45. The molecule has 0 spiro atoms. The highest BCUT2D eigenvalue weighted by Gasteiger charge is 2.02. The van der Waals surface area contributed by atoms with Gasteiger partial charge < -0.3 is 30.6 Å². The van der Waals surface area contributed by atoms with E-state index in [1.54, 1.807) is 0 Å². The highest BCUT2D eigenvalue weighted by atomic mass is 31.0. The maximum Gasteiger partial charge on any atom is 0.332 e. The Bertz CT molecular complexity index is 220. The third kappa shape index (κ3) is 31.5. The molecular weight excluding hydrogens is 283 g/mol. The Morgan fingerprint density at radius 3 is 0.684 bits per heavy atom. The van der Waals surface area contributed by atoms with Crippen LogP contribution in [0.2, 0.25) is 0 Å². The van der Waals surface area contributed by atoms with Gasteiger partial charge in [0.25, 0.3) is 0 Å². The maximum atomic E-state index is 9.45. The third-order valence-corrected chi connectivity index (χ3v) is 1.07. The Kier molecular flexibility index (Phi) is 20.5. The number of aliphatic carboxylic acids is 3. The van der Waals surface area contributed by atoms with Crippen molar-refractivity contribution in [1.29, 1.82) is 0 Å². The molecule has 10 heteroatoms. The number of hydrogen-bond donors (Lipinski definition) is 6. The van der Waals surface area contributed by atoms with Gasteiger partial charge in [-0.15, -0.1) is 0 Å². The molecule has 0 saturated heterocycles. The predicted octanol–water partition coefficient (Wildman–Crippen LogP) is -1.59. The molecule has 0 bridgehead atoms. The van der Waals surface area contributed by atoms with Crippen molar-refractivity contribution in [2.75, 3.05) is 0 Å². The summed E-state index contributed by atoms with van der Waals surface area (Å²) in [7, 11) is 0. The number of aliphatic hydroxyl groups is 3. The topological polar surface area (TPSA) is 173 Å². The summed E-state index contributed by atoms with van der Waals surface area (Å²) in [6.07, 6.45) is -3.69. The van der Waals surface area contributed by atoms with Gasteiger partial charge in [-0.1, -0.05) is 0 Å². The Hall–Kier alpha value is -1.28. The molecule has 0 aliphatic rings. The molecule has 0 aromatic rings. The lowest BCUT2D eigenvalue weighted by Crippen LogP contribution is -2.13. The average Bonchev–Trinajstić information content (AvgIpc) is 2.18. The second-order valence-corrected chi connectivity index (χ2v) is 3.04. The van der Waals surface area contributed by atoms with Gasteiger partial charge in [0.1, 0.15) is 18.3 Å². The molecule has 0 fully saturated rings. The molecule has 4 atom stereocenters. The first-order valence-corrected chi connectivity index (χ1v) is 4.66. The SMILES string of the molecule is C[C@H](O)C(=O)O.C[C@H](O)C(=O)O.C[C@H](O)C(=O)O.P. The molecule has 6 N–H and O–H groups in total. The number of aliphatic hydroxyl groups excluding tert-OH is 3. The fourth-order valence-corrected chi connectivity index (χ4v) is 0. The molecule has 19 heavy (non-hydrogen) atoms. The largest absolute Gasteiger partial charge is 0.479 e. The summed E-state index contributed by atoms with van der Waals surface area (Å²) >= 11 is 0. The van der Waals surface area contributed by atoms with E-state index in [0.29, 0.717) is 0 Å². The van der Waals surface area contributed by atoms with Crippen LogP contribution < -0.4 is 0 Å². The molecular formula is C9H21O9P. The van der Waals surface area contributed by atoms with Gasteiger partial charge in [0.2, 0.25) is 0 Å². The van der Waals surface area contributed by atoms with E-state index < -0.39 is 36.2 Å². The predicted molar refractivity (Wildman–Crippen MR) is 69.1 cm³/mol. The van der Waals surface area contributed by atoms with Crippen LogP contribution in [0.5, 0.6) is 0 Å². The van der Waals surface area contributed by atoms with Crippen molar-refractivity contribution in [2.24, 2.45) is 0 Å². The van der Waals surface area contributed by atoms with Crippen molar-refractivity contribution >= 4 is 27.8 Å². The van der Waals surface area contributed by atoms with Crippen molar-refractivity contribution < 1.29 is 45.0 Å². The zero-order chi connectivity index (χ0) is 15.5. The van der Waals surface area contributed by atoms with Crippen molar-refractivity contribution in [3.8, 4) is 0 Å². The van der Waals surface area contributed by atoms with Crippen LogP contribution in [0.25, 0.3) is 0 Å². The van der Waals surface area contributed by atoms with E-state index in [2.05, 4.69) is 0 Å². The summed E-state index contributed by atoms with van der Waals surface area (Å²) in [5.41, 5.74) is 0. The lowest BCUT2D eigenvalue weighted by Gasteiger charge is -1.89. The first kappa shape index (κ1) is 26.3. The number of carbonyl (C=O) groups is 3. The summed E-state index contributed by atoms with van der Waals surface area (Å²) in [6, 6.07) is 0. The molecule has 116 valence electrons. The second kappa shape index (κ2) is 14.8. The van der Waals surface area contributed by atoms with Gasteiger partial charge >= 0.3 is 17.9 Å². The van der Waals surface area contributed by atoms with Crippen molar-refractivity contribution in [3.05, 3.63) is 0 Å². The van der Waals surface area contributed by atoms with E-state index in [4.69, 9.17) is 30.6 Å². The van der Waals surface area contributed by atoms with Crippen molar-refractivity contribution in [1.82, 2.24) is 0 Å². The normalized spacial score (nSPS) is 12.9. The van der Waals surface area contributed by atoms with Gasteiger partial charge in [-0.3, -0.25) is 0 Å². The molecule has 0 aromatic carbocycles. The molecule has 0 aliphatic heterocycles. The van der Waals surface area contributed by atoms with Gasteiger partial charge in [0.05, 0.1) is 0 Å². The monoisotopic (exact) mass is 304 g/mol. The molecule has 0 saturated carbocycles. The minimum atomic E-state index is -1.23. The highest BCUT2D eigenvalue weighted by molar-refractivity contribution is 6.92. The van der Waals surface area contributed by atoms with Gasteiger partial charge in [0, 0.05) is 0 Å². The summed E-state index contributed by atoms with van der Waals surface area (Å²) in [5, 5.41) is 47.3. The first-order chi connectivity index (χ1) is 7.93. The lowest BCUT2D eigenvalue weighted by atomic mass is 10.4. The number of carboxylic acid groups (broad SMARTS) is 3. The zero-order valence-electron chi connectivity index (χ0n) is 10.8. The lowest BCUT2D eigenvalue weighted by molar-refractivity contribution is -0.146. The quantitative estimate of drug-likeness (QED) is 0.336. The highest BCUT2D eigenvalue weighted by Crippen LogP contribution is 1.74. The Labute approximate surface area is 113 Å². The van der Waals surface area contributed by atoms with E-state index in [9.17, 15) is 14.4 Å². The molecule has 0 aromatic heterocycles. The van der Waals surface area contributed by atoms with Crippen LogP contribution >= 0.6 is 9.90 Å². The summed E-state index contributed by atoms with van der Waals surface area (Å²) < 4.78 is 0. The molecule has 0 heterocycles. The first-order valence-electron chi connectivity index (χ1n) is 4.66. The zero-order valence-corrected chi connectivity index (χ0v) is 12.3. The van der Waals surface area contributed by atoms with Crippen LogP contribution in [0.3, 0.4) is 0 Å². The van der Waals surface area contributed by atoms with E-state index in [0.717, 1.165) is 0 Å². The van der Waals surface area contributed by atoms with E-state index in [1.807, 2.05) is 0 Å². The fourth-order valence-electron chi connectivity index (χ4n) is 0. The second-order valence-electron chi connectivity index (χ2n) is 3.04. The van der Waals surface area contributed by atoms with Gasteiger partial charge in [0.15, 0.2) is 0 Å². The van der Waals surface area contributed by atoms with E-state index in [1.165, 1.54) is 20.8 Å². The number of hydrogen-bond acceptors (Lipinski definition) is 6.